The molecule has 0 saturated heterocycles. The van der Waals surface area contributed by atoms with Crippen LogP contribution in [0.3, 0.4) is 0 Å². The number of fused-ring (bicyclic) bond motifs is 1. The number of hydrogen-bond donors (Lipinski definition) is 2. The number of benzene rings is 1. The first-order valence-electron chi connectivity index (χ1n) is 5.34. The molecule has 2 aromatic rings. The average Bonchev–Trinajstić information content (AvgIpc) is 2.56. The summed E-state index contributed by atoms with van der Waals surface area (Å²) < 4.78 is 1.85. The summed E-state index contributed by atoms with van der Waals surface area (Å²) in [6, 6.07) is 8.03. The maximum Gasteiger partial charge on any atom is 0.0722 e. The zero-order valence-electron chi connectivity index (χ0n) is 9.64. The minimum Gasteiger partial charge on any atom is -0.394 e. The maximum atomic E-state index is 9.17. The standard InChI is InChI=1S/C12H17N3O/c1-12(13,8-16)7-10-9-5-3-4-6-11(9)15(2)14-10/h3-6,16H,7-8,13H2,1-2H3. The number of nitrogens with zero attached hydrogens (tertiary/aromatic N) is 2. The van der Waals surface area contributed by atoms with Crippen LogP contribution in [0.2, 0.25) is 0 Å². The van der Waals surface area contributed by atoms with Crippen LogP contribution in [0.1, 0.15) is 12.6 Å². The first kappa shape index (κ1) is 11.1. The molecule has 1 atom stereocenters. The van der Waals surface area contributed by atoms with Gasteiger partial charge < -0.3 is 10.8 Å². The molecule has 1 unspecified atom stereocenters. The summed E-state index contributed by atoms with van der Waals surface area (Å²) in [6.45, 7) is 1.79. The van der Waals surface area contributed by atoms with Crippen molar-refractivity contribution in [2.24, 2.45) is 12.8 Å². The van der Waals surface area contributed by atoms with Crippen LogP contribution in [0.5, 0.6) is 0 Å². The zero-order chi connectivity index (χ0) is 11.8. The van der Waals surface area contributed by atoms with Crippen molar-refractivity contribution in [2.75, 3.05) is 6.61 Å². The lowest BCUT2D eigenvalue weighted by Gasteiger charge is -2.20. The van der Waals surface area contributed by atoms with Crippen molar-refractivity contribution < 1.29 is 5.11 Å². The molecule has 0 fully saturated rings. The molecule has 0 bridgehead atoms. The van der Waals surface area contributed by atoms with Crippen LogP contribution < -0.4 is 5.73 Å². The summed E-state index contributed by atoms with van der Waals surface area (Å²) in [5.74, 6) is 0. The largest absolute Gasteiger partial charge is 0.394 e. The van der Waals surface area contributed by atoms with Crippen molar-refractivity contribution in [3.63, 3.8) is 0 Å². The summed E-state index contributed by atoms with van der Waals surface area (Å²) in [7, 11) is 1.92. The van der Waals surface area contributed by atoms with E-state index in [4.69, 9.17) is 5.73 Å². The molecule has 4 nitrogen and oxygen atoms in total. The van der Waals surface area contributed by atoms with E-state index in [1.807, 2.05) is 42.9 Å². The second kappa shape index (κ2) is 3.88. The van der Waals surface area contributed by atoms with Gasteiger partial charge in [-0.3, -0.25) is 4.68 Å². The van der Waals surface area contributed by atoms with Crippen LogP contribution >= 0.6 is 0 Å². The molecule has 1 aromatic heterocycles. The fraction of sp³-hybridized carbons (Fsp3) is 0.417. The molecule has 0 aliphatic carbocycles. The average molecular weight is 219 g/mol. The Morgan fingerprint density at radius 3 is 2.81 bits per heavy atom. The van der Waals surface area contributed by atoms with E-state index < -0.39 is 5.54 Å². The molecule has 4 heteroatoms. The van der Waals surface area contributed by atoms with Gasteiger partial charge in [0.05, 0.1) is 17.8 Å². The van der Waals surface area contributed by atoms with E-state index in [1.54, 1.807) is 0 Å². The summed E-state index contributed by atoms with van der Waals surface area (Å²) in [4.78, 5) is 0. The summed E-state index contributed by atoms with van der Waals surface area (Å²) in [6.07, 6.45) is 0.574. The van der Waals surface area contributed by atoms with Crippen LogP contribution in [-0.4, -0.2) is 27.0 Å². The molecule has 2 rings (SSSR count). The normalized spacial score (nSPS) is 15.2. The van der Waals surface area contributed by atoms with Crippen molar-refractivity contribution in [3.8, 4) is 0 Å². The molecule has 0 amide bonds. The first-order chi connectivity index (χ1) is 7.53. The second-order valence-electron chi connectivity index (χ2n) is 4.58. The lowest BCUT2D eigenvalue weighted by molar-refractivity contribution is 0.207. The van der Waals surface area contributed by atoms with E-state index in [0.717, 1.165) is 16.6 Å². The Hall–Kier alpha value is -1.39. The number of para-hydroxylation sites is 1. The number of aryl methyl sites for hydroxylation is 1. The molecule has 0 aliphatic heterocycles. The Balaban J connectivity index is 2.46. The quantitative estimate of drug-likeness (QED) is 0.803. The van der Waals surface area contributed by atoms with Gasteiger partial charge in [-0.05, 0) is 13.0 Å². The fourth-order valence-corrected chi connectivity index (χ4v) is 1.86. The third kappa shape index (κ3) is 1.94. The van der Waals surface area contributed by atoms with Gasteiger partial charge in [0.2, 0.25) is 0 Å². The number of aliphatic hydroxyl groups is 1. The minimum atomic E-state index is -0.614. The Morgan fingerprint density at radius 1 is 1.44 bits per heavy atom. The topological polar surface area (TPSA) is 64.1 Å². The number of rotatable bonds is 3. The van der Waals surface area contributed by atoms with Crippen molar-refractivity contribution in [3.05, 3.63) is 30.0 Å². The molecule has 0 aliphatic rings. The predicted octanol–water partition coefficient (Wildman–Crippen LogP) is 0.826. The van der Waals surface area contributed by atoms with Crippen molar-refractivity contribution in [2.45, 2.75) is 18.9 Å². The summed E-state index contributed by atoms with van der Waals surface area (Å²) in [5.41, 5.74) is 7.37. The Labute approximate surface area is 94.7 Å². The van der Waals surface area contributed by atoms with Crippen LogP contribution in [0.4, 0.5) is 0 Å². The SMILES string of the molecule is Cn1nc(CC(C)(N)CO)c2ccccc21. The molecule has 16 heavy (non-hydrogen) atoms. The Kier molecular flexibility index (Phi) is 2.69. The molecular formula is C12H17N3O. The maximum absolute atomic E-state index is 9.17. The van der Waals surface area contributed by atoms with E-state index in [9.17, 15) is 5.11 Å². The first-order valence-corrected chi connectivity index (χ1v) is 5.34. The fourth-order valence-electron chi connectivity index (χ4n) is 1.86. The van der Waals surface area contributed by atoms with Crippen LogP contribution in [0, 0.1) is 0 Å². The molecule has 0 spiro atoms. The van der Waals surface area contributed by atoms with Crippen molar-refractivity contribution in [1.82, 2.24) is 9.78 Å². The van der Waals surface area contributed by atoms with Gasteiger partial charge in [0.1, 0.15) is 0 Å². The van der Waals surface area contributed by atoms with Gasteiger partial charge >= 0.3 is 0 Å². The number of aromatic nitrogens is 2. The van der Waals surface area contributed by atoms with Gasteiger partial charge in [0.25, 0.3) is 0 Å². The van der Waals surface area contributed by atoms with Crippen LogP contribution in [0.25, 0.3) is 10.9 Å². The number of aliphatic hydroxyl groups excluding tert-OH is 1. The van der Waals surface area contributed by atoms with E-state index >= 15 is 0 Å². The molecule has 86 valence electrons. The molecular weight excluding hydrogens is 202 g/mol. The van der Waals surface area contributed by atoms with E-state index in [2.05, 4.69) is 5.10 Å². The van der Waals surface area contributed by atoms with Crippen LogP contribution in [-0.2, 0) is 13.5 Å². The van der Waals surface area contributed by atoms with Gasteiger partial charge in [0.15, 0.2) is 0 Å². The van der Waals surface area contributed by atoms with Gasteiger partial charge in [-0.1, -0.05) is 18.2 Å². The molecule has 1 heterocycles. The highest BCUT2D eigenvalue weighted by Gasteiger charge is 2.21. The van der Waals surface area contributed by atoms with Gasteiger partial charge in [0, 0.05) is 24.4 Å². The minimum absolute atomic E-state index is 0.0437. The van der Waals surface area contributed by atoms with Crippen LogP contribution in [0.15, 0.2) is 24.3 Å². The molecule has 0 saturated carbocycles. The van der Waals surface area contributed by atoms with E-state index in [1.165, 1.54) is 0 Å². The predicted molar refractivity (Wildman–Crippen MR) is 64.1 cm³/mol. The smallest absolute Gasteiger partial charge is 0.0722 e. The van der Waals surface area contributed by atoms with E-state index in [0.29, 0.717) is 6.42 Å². The van der Waals surface area contributed by atoms with Crippen molar-refractivity contribution in [1.29, 1.82) is 0 Å². The van der Waals surface area contributed by atoms with Gasteiger partial charge in [-0.15, -0.1) is 0 Å². The Bertz CT molecular complexity index is 502. The molecule has 0 radical (unpaired) electrons. The van der Waals surface area contributed by atoms with Gasteiger partial charge in [-0.25, -0.2) is 0 Å². The second-order valence-corrected chi connectivity index (χ2v) is 4.58. The summed E-state index contributed by atoms with van der Waals surface area (Å²) >= 11 is 0. The highest BCUT2D eigenvalue weighted by atomic mass is 16.3. The third-order valence-corrected chi connectivity index (χ3v) is 2.77. The highest BCUT2D eigenvalue weighted by Crippen LogP contribution is 2.20. The highest BCUT2D eigenvalue weighted by molar-refractivity contribution is 5.81. The van der Waals surface area contributed by atoms with Crippen molar-refractivity contribution >= 4 is 10.9 Å². The molecule has 1 aromatic carbocycles. The zero-order valence-corrected chi connectivity index (χ0v) is 9.64. The van der Waals surface area contributed by atoms with Gasteiger partial charge in [-0.2, -0.15) is 5.10 Å². The molecule has 3 N–H and O–H groups in total. The summed E-state index contributed by atoms with van der Waals surface area (Å²) in [5, 5.41) is 14.7. The lowest BCUT2D eigenvalue weighted by atomic mass is 9.97. The number of hydrogen-bond acceptors (Lipinski definition) is 3. The Morgan fingerprint density at radius 2 is 2.12 bits per heavy atom. The van der Waals surface area contributed by atoms with E-state index in [-0.39, 0.29) is 6.61 Å². The number of nitrogens with two attached hydrogens (primary N) is 1. The monoisotopic (exact) mass is 219 g/mol. The lowest BCUT2D eigenvalue weighted by Crippen LogP contribution is -2.42. The third-order valence-electron chi connectivity index (χ3n) is 2.77.